The first kappa shape index (κ1) is 25.1. The van der Waals surface area contributed by atoms with Crippen LogP contribution in [0.3, 0.4) is 0 Å². The molecule has 9 nitrogen and oxygen atoms in total. The van der Waals surface area contributed by atoms with Gasteiger partial charge in [0.15, 0.2) is 6.61 Å². The van der Waals surface area contributed by atoms with Crippen molar-refractivity contribution in [1.29, 1.82) is 0 Å². The van der Waals surface area contributed by atoms with Gasteiger partial charge in [0, 0.05) is 12.6 Å². The van der Waals surface area contributed by atoms with Crippen LogP contribution >= 0.6 is 0 Å². The third-order valence-electron chi connectivity index (χ3n) is 4.59. The molecule has 0 bridgehead atoms. The molecular weight excluding hydrogens is 452 g/mol. The molecule has 182 valence electrons. The highest BCUT2D eigenvalue weighted by atomic mass is 16.5. The number of benzene rings is 3. The van der Waals surface area contributed by atoms with Crippen LogP contribution in [0.2, 0.25) is 0 Å². The minimum Gasteiger partial charge on any atom is -0.495 e. The third-order valence-corrected chi connectivity index (χ3v) is 4.59. The second-order valence-electron chi connectivity index (χ2n) is 7.23. The van der Waals surface area contributed by atoms with E-state index in [4.69, 9.17) is 18.9 Å². The molecule has 0 aliphatic heterocycles. The summed E-state index contributed by atoms with van der Waals surface area (Å²) < 4.78 is 21.7. The first-order valence-corrected chi connectivity index (χ1v) is 10.8. The lowest BCUT2D eigenvalue weighted by atomic mass is 10.2. The summed E-state index contributed by atoms with van der Waals surface area (Å²) >= 11 is 0. The van der Waals surface area contributed by atoms with Gasteiger partial charge in [0.05, 0.1) is 12.8 Å². The number of amides is 2. The monoisotopic (exact) mass is 478 g/mol. The Labute approximate surface area is 203 Å². The zero-order valence-corrected chi connectivity index (χ0v) is 19.4. The number of methoxy groups -OCH3 is 1. The molecule has 3 aromatic rings. The van der Waals surface area contributed by atoms with E-state index >= 15 is 0 Å². The fourth-order valence-corrected chi connectivity index (χ4v) is 3.07. The second kappa shape index (κ2) is 12.6. The summed E-state index contributed by atoms with van der Waals surface area (Å²) in [4.78, 5) is 36.3. The molecule has 2 amide bonds. The Bertz CT molecular complexity index is 1170. The summed E-state index contributed by atoms with van der Waals surface area (Å²) in [5.74, 6) is -0.123. The van der Waals surface area contributed by atoms with Crippen LogP contribution in [-0.2, 0) is 14.3 Å². The fraction of sp³-hybridized carbons (Fsp3) is 0.192. The number of ether oxygens (including phenoxy) is 4. The van der Waals surface area contributed by atoms with Gasteiger partial charge in [0.25, 0.3) is 5.91 Å². The van der Waals surface area contributed by atoms with Gasteiger partial charge in [-0.25, -0.2) is 4.79 Å². The van der Waals surface area contributed by atoms with E-state index in [0.717, 1.165) is 0 Å². The van der Waals surface area contributed by atoms with Gasteiger partial charge in [-0.05, 0) is 42.5 Å². The van der Waals surface area contributed by atoms with Crippen molar-refractivity contribution in [1.82, 2.24) is 0 Å². The molecule has 3 rings (SSSR count). The van der Waals surface area contributed by atoms with E-state index in [1.54, 1.807) is 42.5 Å². The third kappa shape index (κ3) is 7.78. The van der Waals surface area contributed by atoms with Gasteiger partial charge in [-0.3, -0.25) is 9.59 Å². The molecule has 0 saturated heterocycles. The minimum absolute atomic E-state index is 0.185. The number of hydrogen-bond acceptors (Lipinski definition) is 7. The van der Waals surface area contributed by atoms with Crippen molar-refractivity contribution in [3.05, 3.63) is 78.4 Å². The number of hydrogen-bond donors (Lipinski definition) is 2. The van der Waals surface area contributed by atoms with Gasteiger partial charge in [0.1, 0.15) is 36.0 Å². The maximum atomic E-state index is 12.6. The van der Waals surface area contributed by atoms with Crippen molar-refractivity contribution in [3.8, 4) is 17.2 Å². The number of rotatable bonds is 11. The van der Waals surface area contributed by atoms with Crippen LogP contribution in [0, 0.1) is 0 Å². The lowest BCUT2D eigenvalue weighted by Gasteiger charge is -2.13. The van der Waals surface area contributed by atoms with Crippen LogP contribution in [0.15, 0.2) is 72.8 Å². The maximum absolute atomic E-state index is 12.6. The van der Waals surface area contributed by atoms with Crippen molar-refractivity contribution < 1.29 is 33.3 Å². The predicted molar refractivity (Wildman–Crippen MR) is 130 cm³/mol. The standard InChI is InChI=1S/C26H26N2O7/c1-18(29)27-19-12-13-24(32-2)22(16-19)28-25(30)17-35-26(31)21-10-6-7-11-23(21)34-15-14-33-20-8-4-3-5-9-20/h3-13,16H,14-15,17H2,1-2H3,(H,27,29)(H,28,30). The van der Waals surface area contributed by atoms with Crippen LogP contribution < -0.4 is 24.8 Å². The normalized spacial score (nSPS) is 10.1. The Morgan fingerprint density at radius 3 is 2.26 bits per heavy atom. The Hall–Kier alpha value is -4.53. The largest absolute Gasteiger partial charge is 0.495 e. The average Bonchev–Trinajstić information content (AvgIpc) is 2.86. The lowest BCUT2D eigenvalue weighted by Crippen LogP contribution is -2.22. The molecule has 0 heterocycles. The molecule has 0 spiro atoms. The van der Waals surface area contributed by atoms with Crippen LogP contribution in [0.1, 0.15) is 17.3 Å². The zero-order chi connectivity index (χ0) is 25.0. The predicted octanol–water partition coefficient (Wildman–Crippen LogP) is 3.91. The number of anilines is 2. The van der Waals surface area contributed by atoms with E-state index < -0.39 is 18.5 Å². The van der Waals surface area contributed by atoms with Crippen molar-refractivity contribution in [2.45, 2.75) is 6.92 Å². The summed E-state index contributed by atoms with van der Waals surface area (Å²) in [5, 5.41) is 5.24. The highest BCUT2D eigenvalue weighted by Gasteiger charge is 2.16. The second-order valence-corrected chi connectivity index (χ2v) is 7.23. The summed E-state index contributed by atoms with van der Waals surface area (Å²) in [6.45, 7) is 1.34. The number of carbonyl (C=O) groups excluding carboxylic acids is 3. The first-order valence-electron chi connectivity index (χ1n) is 10.8. The summed E-state index contributed by atoms with van der Waals surface area (Å²) in [6, 6.07) is 20.7. The molecule has 35 heavy (non-hydrogen) atoms. The Kier molecular flexibility index (Phi) is 9.07. The molecule has 0 atom stereocenters. The van der Waals surface area contributed by atoms with Gasteiger partial charge in [-0.2, -0.15) is 0 Å². The molecule has 3 aromatic carbocycles. The molecule has 0 aliphatic rings. The molecule has 2 N–H and O–H groups in total. The fourth-order valence-electron chi connectivity index (χ4n) is 3.07. The van der Waals surface area contributed by atoms with Crippen LogP contribution in [0.4, 0.5) is 11.4 Å². The van der Waals surface area contributed by atoms with Crippen LogP contribution in [-0.4, -0.2) is 44.7 Å². The Morgan fingerprint density at radius 2 is 1.51 bits per heavy atom. The molecule has 0 fully saturated rings. The number of nitrogens with one attached hydrogen (secondary N) is 2. The van der Waals surface area contributed by atoms with Gasteiger partial charge in [-0.1, -0.05) is 30.3 Å². The Morgan fingerprint density at radius 1 is 0.800 bits per heavy atom. The van der Waals surface area contributed by atoms with Crippen molar-refractivity contribution >= 4 is 29.2 Å². The van der Waals surface area contributed by atoms with Crippen molar-refractivity contribution in [2.75, 3.05) is 37.6 Å². The minimum atomic E-state index is -0.710. The quantitative estimate of drug-likeness (QED) is 0.317. The van der Waals surface area contributed by atoms with Crippen LogP contribution in [0.5, 0.6) is 17.2 Å². The summed E-state index contributed by atoms with van der Waals surface area (Å²) in [6.07, 6.45) is 0. The molecule has 0 saturated carbocycles. The molecule has 9 heteroatoms. The van der Waals surface area contributed by atoms with Crippen molar-refractivity contribution in [2.24, 2.45) is 0 Å². The Balaban J connectivity index is 1.54. The van der Waals surface area contributed by atoms with E-state index in [-0.39, 0.29) is 24.7 Å². The number of para-hydroxylation sites is 2. The van der Waals surface area contributed by atoms with Gasteiger partial charge in [-0.15, -0.1) is 0 Å². The molecule has 0 unspecified atom stereocenters. The maximum Gasteiger partial charge on any atom is 0.342 e. The molecule has 0 aliphatic carbocycles. The average molecular weight is 479 g/mol. The van der Waals surface area contributed by atoms with E-state index in [9.17, 15) is 14.4 Å². The summed E-state index contributed by atoms with van der Waals surface area (Å²) in [5.41, 5.74) is 0.986. The van der Waals surface area contributed by atoms with Crippen LogP contribution in [0.25, 0.3) is 0 Å². The number of carbonyl (C=O) groups is 3. The molecule has 0 radical (unpaired) electrons. The smallest absolute Gasteiger partial charge is 0.342 e. The SMILES string of the molecule is COc1ccc(NC(C)=O)cc1NC(=O)COC(=O)c1ccccc1OCCOc1ccccc1. The summed E-state index contributed by atoms with van der Waals surface area (Å²) in [7, 11) is 1.45. The highest BCUT2D eigenvalue weighted by Crippen LogP contribution is 2.28. The zero-order valence-electron chi connectivity index (χ0n) is 19.4. The lowest BCUT2D eigenvalue weighted by molar-refractivity contribution is -0.119. The molecular formula is C26H26N2O7. The van der Waals surface area contributed by atoms with E-state index in [1.165, 1.54) is 14.0 Å². The van der Waals surface area contributed by atoms with Gasteiger partial charge < -0.3 is 29.6 Å². The first-order chi connectivity index (χ1) is 17.0. The molecule has 0 aromatic heterocycles. The highest BCUT2D eigenvalue weighted by molar-refractivity contribution is 5.98. The van der Waals surface area contributed by atoms with Gasteiger partial charge >= 0.3 is 5.97 Å². The van der Waals surface area contributed by atoms with E-state index in [0.29, 0.717) is 28.6 Å². The van der Waals surface area contributed by atoms with Gasteiger partial charge in [0.2, 0.25) is 5.91 Å². The van der Waals surface area contributed by atoms with Crippen molar-refractivity contribution in [3.63, 3.8) is 0 Å². The van der Waals surface area contributed by atoms with E-state index in [2.05, 4.69) is 10.6 Å². The van der Waals surface area contributed by atoms with E-state index in [1.807, 2.05) is 30.3 Å². The topological polar surface area (TPSA) is 112 Å². The number of esters is 1.